The number of allylic oxidation sites excluding steroid dienone is 1. The second-order valence-corrected chi connectivity index (χ2v) is 11.7. The van der Waals surface area contributed by atoms with Gasteiger partial charge in [0, 0.05) is 41.9 Å². The van der Waals surface area contributed by atoms with Crippen molar-refractivity contribution in [2.75, 3.05) is 20.7 Å². The molecule has 38 heavy (non-hydrogen) atoms. The second kappa shape index (κ2) is 12.3. The van der Waals surface area contributed by atoms with Crippen molar-refractivity contribution >= 4 is 28.1 Å². The summed E-state index contributed by atoms with van der Waals surface area (Å²) in [5.74, 6) is 2.42. The van der Waals surface area contributed by atoms with Crippen molar-refractivity contribution in [2.45, 2.75) is 71.8 Å². The highest BCUT2D eigenvalue weighted by molar-refractivity contribution is 7.13. The van der Waals surface area contributed by atoms with E-state index in [-0.39, 0.29) is 23.8 Å². The molecule has 2 aromatic heterocycles. The minimum absolute atomic E-state index is 0.0219. The van der Waals surface area contributed by atoms with Crippen LogP contribution in [-0.4, -0.2) is 47.6 Å². The van der Waals surface area contributed by atoms with E-state index in [0.717, 1.165) is 83.0 Å². The normalized spacial score (nSPS) is 19.2. The Labute approximate surface area is 231 Å². The number of amides is 1. The second-order valence-electron chi connectivity index (χ2n) is 10.9. The quantitative estimate of drug-likeness (QED) is 0.189. The average Bonchev–Trinajstić information content (AvgIpc) is 3.54. The number of hydrogen-bond donors (Lipinski definition) is 0. The molecule has 0 N–H and O–H groups in total. The predicted molar refractivity (Wildman–Crippen MR) is 156 cm³/mol. The molecule has 1 aliphatic rings. The summed E-state index contributed by atoms with van der Waals surface area (Å²) in [4.78, 5) is 25.0. The number of fused-ring (bicyclic) bond motifs is 1. The third kappa shape index (κ3) is 6.04. The minimum Gasteiger partial charge on any atom is -0.496 e. The van der Waals surface area contributed by atoms with E-state index in [1.54, 1.807) is 18.4 Å². The number of aryl methyl sites for hydroxylation is 1. The molecule has 0 saturated heterocycles. The maximum atomic E-state index is 13.3. The Morgan fingerprint density at radius 3 is 2.71 bits per heavy atom. The van der Waals surface area contributed by atoms with Gasteiger partial charge in [0.25, 0.3) is 0 Å². The van der Waals surface area contributed by atoms with Crippen LogP contribution < -0.4 is 9.47 Å². The highest BCUT2D eigenvalue weighted by Gasteiger charge is 2.38. The molecule has 1 fully saturated rings. The number of aromatic nitrogens is 2. The summed E-state index contributed by atoms with van der Waals surface area (Å²) in [6.07, 6.45) is 6.53. The number of unbranched alkanes of at least 4 members (excludes halogenated alkanes) is 2. The fourth-order valence-corrected chi connectivity index (χ4v) is 6.26. The lowest BCUT2D eigenvalue weighted by Crippen LogP contribution is -2.35. The molecule has 1 aromatic carbocycles. The maximum absolute atomic E-state index is 13.3. The van der Waals surface area contributed by atoms with Crippen LogP contribution in [0.5, 0.6) is 11.5 Å². The Morgan fingerprint density at radius 2 is 2.03 bits per heavy atom. The van der Waals surface area contributed by atoms with Crippen LogP contribution in [0.4, 0.5) is 0 Å². The summed E-state index contributed by atoms with van der Waals surface area (Å²) in [6, 6.07) is 6.01. The molecule has 1 aliphatic carbocycles. The standard InChI is InChI=1S/C31H41N3O3S/c1-8-9-10-11-14-34(6)31(35)24-16-22(15-20(24)4)37-28-17-25(30-33-26(18-38-30)19(2)3)32-29-21(5)27(36-7)13-12-23(28)29/h8,12-13,17-20,22,24H,1,9-11,14-16H2,2-7H3/t20-,22-,24-/m1/s1. The van der Waals surface area contributed by atoms with Crippen molar-refractivity contribution in [3.8, 4) is 22.2 Å². The van der Waals surface area contributed by atoms with E-state index in [1.807, 2.05) is 43.1 Å². The lowest BCUT2D eigenvalue weighted by molar-refractivity contribution is -0.135. The van der Waals surface area contributed by atoms with E-state index >= 15 is 0 Å². The number of carbonyl (C=O) groups is 1. The number of ether oxygens (including phenoxy) is 2. The summed E-state index contributed by atoms with van der Waals surface area (Å²) in [5.41, 5.74) is 3.70. The molecule has 0 bridgehead atoms. The molecule has 0 aliphatic heterocycles. The molecule has 7 heteroatoms. The fourth-order valence-electron chi connectivity index (χ4n) is 5.32. The monoisotopic (exact) mass is 535 g/mol. The van der Waals surface area contributed by atoms with E-state index in [0.29, 0.717) is 5.92 Å². The largest absolute Gasteiger partial charge is 0.496 e. The van der Waals surface area contributed by atoms with Gasteiger partial charge in [-0.2, -0.15) is 0 Å². The first-order valence-corrected chi connectivity index (χ1v) is 14.6. The van der Waals surface area contributed by atoms with Crippen molar-refractivity contribution in [3.05, 3.63) is 47.5 Å². The van der Waals surface area contributed by atoms with Crippen LogP contribution in [0.3, 0.4) is 0 Å². The average molecular weight is 536 g/mol. The first-order chi connectivity index (χ1) is 18.2. The lowest BCUT2D eigenvalue weighted by atomic mass is 9.96. The number of nitrogens with zero attached hydrogens (tertiary/aromatic N) is 3. The van der Waals surface area contributed by atoms with Gasteiger partial charge in [-0.15, -0.1) is 17.9 Å². The number of rotatable bonds is 11. The summed E-state index contributed by atoms with van der Waals surface area (Å²) >= 11 is 1.61. The van der Waals surface area contributed by atoms with E-state index in [1.165, 1.54) is 0 Å². The molecule has 4 rings (SSSR count). The Balaban J connectivity index is 1.59. The molecule has 3 aromatic rings. The SMILES string of the molecule is C=CCCCCN(C)C(=O)[C@@H]1C[C@H](Oc2cc(-c3nc(C(C)C)cs3)nc3c(C)c(OC)ccc23)C[C@H]1C. The maximum Gasteiger partial charge on any atom is 0.225 e. The predicted octanol–water partition coefficient (Wildman–Crippen LogP) is 7.41. The van der Waals surface area contributed by atoms with Crippen molar-refractivity contribution in [3.63, 3.8) is 0 Å². The Morgan fingerprint density at radius 1 is 1.24 bits per heavy atom. The van der Waals surface area contributed by atoms with Crippen molar-refractivity contribution in [1.82, 2.24) is 14.9 Å². The van der Waals surface area contributed by atoms with Gasteiger partial charge in [0.15, 0.2) is 0 Å². The summed E-state index contributed by atoms with van der Waals surface area (Å²) < 4.78 is 12.3. The van der Waals surface area contributed by atoms with Gasteiger partial charge in [0.1, 0.15) is 22.2 Å². The third-order valence-corrected chi connectivity index (χ3v) is 8.56. The van der Waals surface area contributed by atoms with Gasteiger partial charge in [0.2, 0.25) is 5.91 Å². The van der Waals surface area contributed by atoms with Gasteiger partial charge < -0.3 is 14.4 Å². The molecule has 0 spiro atoms. The summed E-state index contributed by atoms with van der Waals surface area (Å²) in [7, 11) is 3.61. The Bertz CT molecular complexity index is 1280. The first kappa shape index (κ1) is 28.1. The number of hydrogen-bond acceptors (Lipinski definition) is 6. The first-order valence-electron chi connectivity index (χ1n) is 13.7. The number of methoxy groups -OCH3 is 1. The molecular weight excluding hydrogens is 494 g/mol. The van der Waals surface area contributed by atoms with Crippen molar-refractivity contribution < 1.29 is 14.3 Å². The molecule has 0 radical (unpaired) electrons. The molecule has 1 saturated carbocycles. The Hall–Kier alpha value is -2.93. The number of carbonyl (C=O) groups excluding carboxylic acids is 1. The number of thiazole rings is 1. The van der Waals surface area contributed by atoms with Crippen molar-refractivity contribution in [2.24, 2.45) is 11.8 Å². The third-order valence-electron chi connectivity index (χ3n) is 7.68. The van der Waals surface area contributed by atoms with Gasteiger partial charge in [0.05, 0.1) is 24.4 Å². The van der Waals surface area contributed by atoms with E-state index < -0.39 is 0 Å². The van der Waals surface area contributed by atoms with E-state index in [9.17, 15) is 4.79 Å². The zero-order valence-corrected chi connectivity index (χ0v) is 24.4. The molecule has 0 unspecified atom stereocenters. The summed E-state index contributed by atoms with van der Waals surface area (Å²) in [6.45, 7) is 13.1. The molecular formula is C31H41N3O3S. The van der Waals surface area contributed by atoms with Crippen LogP contribution in [0.15, 0.2) is 36.2 Å². The Kier molecular flexibility index (Phi) is 9.08. The van der Waals surface area contributed by atoms with Gasteiger partial charge in [-0.05, 0) is 63.0 Å². The van der Waals surface area contributed by atoms with Gasteiger partial charge in [-0.1, -0.05) is 26.8 Å². The highest BCUT2D eigenvalue weighted by atomic mass is 32.1. The topological polar surface area (TPSA) is 64.6 Å². The zero-order valence-electron chi connectivity index (χ0n) is 23.6. The van der Waals surface area contributed by atoms with Crippen LogP contribution in [0.1, 0.15) is 70.1 Å². The van der Waals surface area contributed by atoms with Gasteiger partial charge in [-0.3, -0.25) is 4.79 Å². The lowest BCUT2D eigenvalue weighted by Gasteiger charge is -2.23. The molecule has 6 nitrogen and oxygen atoms in total. The minimum atomic E-state index is -0.0310. The van der Waals surface area contributed by atoms with Crippen molar-refractivity contribution in [1.29, 1.82) is 0 Å². The van der Waals surface area contributed by atoms with Gasteiger partial charge in [-0.25, -0.2) is 9.97 Å². The smallest absolute Gasteiger partial charge is 0.225 e. The highest BCUT2D eigenvalue weighted by Crippen LogP contribution is 2.40. The number of pyridine rings is 1. The van der Waals surface area contributed by atoms with Crippen LogP contribution in [0.25, 0.3) is 21.6 Å². The summed E-state index contributed by atoms with van der Waals surface area (Å²) in [5, 5.41) is 3.94. The molecule has 1 amide bonds. The van der Waals surface area contributed by atoms with Gasteiger partial charge >= 0.3 is 0 Å². The van der Waals surface area contributed by atoms with Crippen LogP contribution in [0, 0.1) is 18.8 Å². The van der Waals surface area contributed by atoms with Crippen LogP contribution >= 0.6 is 11.3 Å². The molecule has 3 atom stereocenters. The van der Waals surface area contributed by atoms with Crippen LogP contribution in [-0.2, 0) is 4.79 Å². The zero-order chi connectivity index (χ0) is 27.4. The van der Waals surface area contributed by atoms with Crippen LogP contribution in [0.2, 0.25) is 0 Å². The number of benzene rings is 1. The fraction of sp³-hybridized carbons (Fsp3) is 0.516. The molecule has 204 valence electrons. The molecule has 2 heterocycles. The van der Waals surface area contributed by atoms with E-state index in [4.69, 9.17) is 19.4 Å². The van der Waals surface area contributed by atoms with E-state index in [2.05, 4.69) is 32.7 Å².